The zero-order valence-electron chi connectivity index (χ0n) is 12.9. The Balaban J connectivity index is 2.13. The van der Waals surface area contributed by atoms with Gasteiger partial charge in [-0.2, -0.15) is 5.10 Å². The molecule has 1 aromatic carbocycles. The topological polar surface area (TPSA) is 33.1 Å². The molecule has 0 unspecified atom stereocenters. The van der Waals surface area contributed by atoms with Crippen LogP contribution in [0.1, 0.15) is 24.5 Å². The van der Waals surface area contributed by atoms with Gasteiger partial charge in [-0.25, -0.2) is 0 Å². The van der Waals surface area contributed by atoms with Gasteiger partial charge in [0, 0.05) is 49.7 Å². The molecule has 0 radical (unpaired) electrons. The first kappa shape index (κ1) is 15.9. The van der Waals surface area contributed by atoms with Crippen molar-refractivity contribution < 1.29 is 0 Å². The molecule has 0 saturated heterocycles. The van der Waals surface area contributed by atoms with Gasteiger partial charge < -0.3 is 10.2 Å². The Kier molecular flexibility index (Phi) is 5.65. The van der Waals surface area contributed by atoms with Gasteiger partial charge in [-0.05, 0) is 30.7 Å². The summed E-state index contributed by atoms with van der Waals surface area (Å²) >= 11 is 6.17. The molecule has 5 heteroatoms. The second-order valence-electron chi connectivity index (χ2n) is 5.33. The SMILES string of the molecule is CCCNCc1ccc(Cl)cc1N(C)Cc1cnn(C)c1. The van der Waals surface area contributed by atoms with Crippen LogP contribution in [0.25, 0.3) is 0 Å². The van der Waals surface area contributed by atoms with E-state index in [0.717, 1.165) is 36.8 Å². The fraction of sp³-hybridized carbons (Fsp3) is 0.438. The molecule has 4 nitrogen and oxygen atoms in total. The predicted molar refractivity (Wildman–Crippen MR) is 88.8 cm³/mol. The molecule has 0 amide bonds. The molecule has 0 bridgehead atoms. The van der Waals surface area contributed by atoms with Gasteiger partial charge in [-0.3, -0.25) is 4.68 Å². The van der Waals surface area contributed by atoms with E-state index in [0.29, 0.717) is 0 Å². The van der Waals surface area contributed by atoms with Crippen molar-refractivity contribution in [3.63, 3.8) is 0 Å². The molecule has 0 aliphatic heterocycles. The van der Waals surface area contributed by atoms with E-state index in [1.54, 1.807) is 0 Å². The smallest absolute Gasteiger partial charge is 0.0539 e. The molecule has 0 aliphatic rings. The van der Waals surface area contributed by atoms with Gasteiger partial charge in [0.2, 0.25) is 0 Å². The van der Waals surface area contributed by atoms with E-state index in [9.17, 15) is 0 Å². The van der Waals surface area contributed by atoms with E-state index in [2.05, 4.69) is 35.4 Å². The van der Waals surface area contributed by atoms with Crippen LogP contribution in [0.3, 0.4) is 0 Å². The lowest BCUT2D eigenvalue weighted by molar-refractivity contribution is 0.673. The summed E-state index contributed by atoms with van der Waals surface area (Å²) in [4.78, 5) is 2.21. The molecule has 114 valence electrons. The minimum absolute atomic E-state index is 0.766. The molecule has 21 heavy (non-hydrogen) atoms. The Bertz CT molecular complexity index is 579. The zero-order chi connectivity index (χ0) is 15.2. The average Bonchev–Trinajstić information content (AvgIpc) is 2.86. The second-order valence-corrected chi connectivity index (χ2v) is 5.76. The number of nitrogens with zero attached hydrogens (tertiary/aromatic N) is 3. The van der Waals surface area contributed by atoms with E-state index in [1.807, 2.05) is 36.3 Å². The van der Waals surface area contributed by atoms with Crippen molar-refractivity contribution in [2.45, 2.75) is 26.4 Å². The first-order chi connectivity index (χ1) is 10.1. The van der Waals surface area contributed by atoms with Crippen LogP contribution in [0.15, 0.2) is 30.6 Å². The molecule has 0 aliphatic carbocycles. The second kappa shape index (κ2) is 7.48. The number of aryl methyl sites for hydroxylation is 1. The Morgan fingerprint density at radius 3 is 2.86 bits per heavy atom. The molecular weight excluding hydrogens is 284 g/mol. The summed E-state index contributed by atoms with van der Waals surface area (Å²) in [7, 11) is 4.02. The van der Waals surface area contributed by atoms with Gasteiger partial charge >= 0.3 is 0 Å². The predicted octanol–water partition coefficient (Wildman–Crippen LogP) is 3.21. The van der Waals surface area contributed by atoms with E-state index < -0.39 is 0 Å². The normalized spacial score (nSPS) is 10.9. The molecule has 2 aromatic rings. The maximum atomic E-state index is 6.17. The molecule has 0 spiro atoms. The molecule has 1 aromatic heterocycles. The number of halogens is 1. The van der Waals surface area contributed by atoms with E-state index in [4.69, 9.17) is 11.6 Å². The van der Waals surface area contributed by atoms with Crippen molar-refractivity contribution in [1.82, 2.24) is 15.1 Å². The number of anilines is 1. The highest BCUT2D eigenvalue weighted by atomic mass is 35.5. The highest BCUT2D eigenvalue weighted by Crippen LogP contribution is 2.25. The Hall–Kier alpha value is -1.52. The highest BCUT2D eigenvalue weighted by molar-refractivity contribution is 6.30. The van der Waals surface area contributed by atoms with Crippen LogP contribution >= 0.6 is 11.6 Å². The van der Waals surface area contributed by atoms with Crippen LogP contribution in [0, 0.1) is 0 Å². The lowest BCUT2D eigenvalue weighted by atomic mass is 10.1. The first-order valence-corrected chi connectivity index (χ1v) is 7.65. The van der Waals surface area contributed by atoms with Crippen LogP contribution in [-0.4, -0.2) is 23.4 Å². The minimum atomic E-state index is 0.766. The lowest BCUT2D eigenvalue weighted by Crippen LogP contribution is -2.21. The number of aromatic nitrogens is 2. The third kappa shape index (κ3) is 4.48. The van der Waals surface area contributed by atoms with Gasteiger partial charge in [0.25, 0.3) is 0 Å². The van der Waals surface area contributed by atoms with Crippen molar-refractivity contribution in [3.8, 4) is 0 Å². The number of hydrogen-bond acceptors (Lipinski definition) is 3. The summed E-state index contributed by atoms with van der Waals surface area (Å²) in [6, 6.07) is 6.08. The molecule has 1 N–H and O–H groups in total. The highest BCUT2D eigenvalue weighted by Gasteiger charge is 2.10. The fourth-order valence-electron chi connectivity index (χ4n) is 2.35. The van der Waals surface area contributed by atoms with Gasteiger partial charge in [0.1, 0.15) is 0 Å². The average molecular weight is 307 g/mol. The van der Waals surface area contributed by atoms with Crippen molar-refractivity contribution >= 4 is 17.3 Å². The molecule has 2 rings (SSSR count). The van der Waals surface area contributed by atoms with Crippen LogP contribution in [0.2, 0.25) is 5.02 Å². The summed E-state index contributed by atoms with van der Waals surface area (Å²) in [5, 5.41) is 8.43. The summed E-state index contributed by atoms with van der Waals surface area (Å²) in [5.41, 5.74) is 3.61. The van der Waals surface area contributed by atoms with Crippen LogP contribution in [0.4, 0.5) is 5.69 Å². The Morgan fingerprint density at radius 2 is 2.19 bits per heavy atom. The lowest BCUT2D eigenvalue weighted by Gasteiger charge is -2.22. The maximum absolute atomic E-state index is 6.17. The van der Waals surface area contributed by atoms with E-state index >= 15 is 0 Å². The van der Waals surface area contributed by atoms with Gasteiger partial charge in [0.15, 0.2) is 0 Å². The van der Waals surface area contributed by atoms with Gasteiger partial charge in [-0.15, -0.1) is 0 Å². The van der Waals surface area contributed by atoms with Crippen LogP contribution < -0.4 is 10.2 Å². The number of nitrogens with one attached hydrogen (secondary N) is 1. The molecule has 1 heterocycles. The number of benzene rings is 1. The minimum Gasteiger partial charge on any atom is -0.370 e. The summed E-state index contributed by atoms with van der Waals surface area (Å²) in [6.07, 6.45) is 5.07. The largest absolute Gasteiger partial charge is 0.370 e. The summed E-state index contributed by atoms with van der Waals surface area (Å²) < 4.78 is 1.82. The summed E-state index contributed by atoms with van der Waals surface area (Å²) in [5.74, 6) is 0. The zero-order valence-corrected chi connectivity index (χ0v) is 13.7. The molecule has 0 fully saturated rings. The fourth-order valence-corrected chi connectivity index (χ4v) is 2.52. The van der Waals surface area contributed by atoms with E-state index in [1.165, 1.54) is 11.1 Å². The third-order valence-electron chi connectivity index (χ3n) is 3.38. The van der Waals surface area contributed by atoms with E-state index in [-0.39, 0.29) is 0 Å². The third-order valence-corrected chi connectivity index (χ3v) is 3.61. The standard InChI is InChI=1S/C16H23ClN4/c1-4-7-18-10-14-5-6-15(17)8-16(14)20(2)11-13-9-19-21(3)12-13/h5-6,8-9,12,18H,4,7,10-11H2,1-3H3. The molecule has 0 saturated carbocycles. The number of hydrogen-bond donors (Lipinski definition) is 1. The van der Waals surface area contributed by atoms with Crippen molar-refractivity contribution in [3.05, 3.63) is 46.7 Å². The van der Waals surface area contributed by atoms with Crippen LogP contribution in [0.5, 0.6) is 0 Å². The van der Waals surface area contributed by atoms with Crippen molar-refractivity contribution in [1.29, 1.82) is 0 Å². The number of rotatable bonds is 7. The Labute approximate surface area is 131 Å². The Morgan fingerprint density at radius 1 is 1.38 bits per heavy atom. The molecule has 0 atom stereocenters. The maximum Gasteiger partial charge on any atom is 0.0539 e. The van der Waals surface area contributed by atoms with Gasteiger partial charge in [0.05, 0.1) is 6.20 Å². The quantitative estimate of drug-likeness (QED) is 0.797. The first-order valence-electron chi connectivity index (χ1n) is 7.28. The monoisotopic (exact) mass is 306 g/mol. The molecular formula is C16H23ClN4. The van der Waals surface area contributed by atoms with Crippen molar-refractivity contribution in [2.75, 3.05) is 18.5 Å². The van der Waals surface area contributed by atoms with Crippen LogP contribution in [-0.2, 0) is 20.1 Å². The summed E-state index contributed by atoms with van der Waals surface area (Å²) in [6.45, 7) is 4.87. The van der Waals surface area contributed by atoms with Gasteiger partial charge in [-0.1, -0.05) is 24.6 Å². The van der Waals surface area contributed by atoms with Crippen molar-refractivity contribution in [2.24, 2.45) is 7.05 Å².